The molecule has 1 N–H and O–H groups in total. The van der Waals surface area contributed by atoms with Crippen molar-refractivity contribution in [2.75, 3.05) is 13.7 Å². The smallest absolute Gasteiger partial charge is 0.251 e. The summed E-state index contributed by atoms with van der Waals surface area (Å²) in [5.74, 6) is -0.248. The molecule has 0 aliphatic heterocycles. The molecule has 1 rings (SSSR count). The van der Waals surface area contributed by atoms with E-state index < -0.39 is 15.1 Å². The molecule has 0 aliphatic rings. The van der Waals surface area contributed by atoms with E-state index in [0.29, 0.717) is 12.1 Å². The first-order valence-corrected chi connectivity index (χ1v) is 7.98. The monoisotopic (exact) mass is 299 g/mol. The molecule has 0 aromatic heterocycles. The van der Waals surface area contributed by atoms with E-state index >= 15 is 0 Å². The summed E-state index contributed by atoms with van der Waals surface area (Å²) in [5.41, 5.74) is 0.427. The Hall–Kier alpha value is -1.40. The lowest BCUT2D eigenvalue weighted by atomic mass is 10.2. The average molecular weight is 299 g/mol. The second kappa shape index (κ2) is 6.85. The van der Waals surface area contributed by atoms with Crippen LogP contribution in [0.15, 0.2) is 29.2 Å². The quantitative estimate of drug-likeness (QED) is 0.866. The molecule has 6 heteroatoms. The van der Waals surface area contributed by atoms with E-state index in [1.165, 1.54) is 24.3 Å². The maximum Gasteiger partial charge on any atom is 0.251 e. The highest BCUT2D eigenvalue weighted by atomic mass is 32.2. The normalized spacial score (nSPS) is 13.2. The average Bonchev–Trinajstić information content (AvgIpc) is 2.44. The minimum atomic E-state index is -3.30. The lowest BCUT2D eigenvalue weighted by Crippen LogP contribution is -2.31. The van der Waals surface area contributed by atoms with Gasteiger partial charge in [-0.15, -0.1) is 0 Å². The number of rotatable bonds is 6. The van der Waals surface area contributed by atoms with E-state index in [1.807, 2.05) is 6.92 Å². The zero-order valence-electron chi connectivity index (χ0n) is 12.2. The summed E-state index contributed by atoms with van der Waals surface area (Å²) in [6, 6.07) is 5.96. The van der Waals surface area contributed by atoms with Crippen LogP contribution in [0.4, 0.5) is 0 Å². The number of benzene rings is 1. The van der Waals surface area contributed by atoms with Crippen LogP contribution in [0, 0.1) is 0 Å². The second-order valence-corrected chi connectivity index (χ2v) is 7.38. The van der Waals surface area contributed by atoms with Crippen LogP contribution in [-0.2, 0) is 14.6 Å². The molecule has 1 aromatic rings. The van der Waals surface area contributed by atoms with Gasteiger partial charge in [0, 0.05) is 19.2 Å². The summed E-state index contributed by atoms with van der Waals surface area (Å²) < 4.78 is 28.9. The van der Waals surface area contributed by atoms with Gasteiger partial charge in [-0.05, 0) is 45.0 Å². The molecule has 5 nitrogen and oxygen atoms in total. The molecule has 0 unspecified atom stereocenters. The summed E-state index contributed by atoms with van der Waals surface area (Å²) in [6.45, 7) is 5.50. The fraction of sp³-hybridized carbons (Fsp3) is 0.500. The third-order valence-electron chi connectivity index (χ3n) is 3.02. The van der Waals surface area contributed by atoms with Crippen molar-refractivity contribution < 1.29 is 17.9 Å². The van der Waals surface area contributed by atoms with Crippen molar-refractivity contribution in [3.05, 3.63) is 29.8 Å². The van der Waals surface area contributed by atoms with Crippen molar-refractivity contribution in [3.63, 3.8) is 0 Å². The molecular weight excluding hydrogens is 278 g/mol. The van der Waals surface area contributed by atoms with Gasteiger partial charge < -0.3 is 10.1 Å². The second-order valence-electron chi connectivity index (χ2n) is 4.87. The Bertz CT molecular complexity index is 549. The third-order valence-corrected chi connectivity index (χ3v) is 5.19. The van der Waals surface area contributed by atoms with Gasteiger partial charge in [0.2, 0.25) is 0 Å². The summed E-state index contributed by atoms with van der Waals surface area (Å²) >= 11 is 0. The molecule has 0 spiro atoms. The number of carbonyl (C=O) groups is 1. The first kappa shape index (κ1) is 16.7. The molecule has 0 radical (unpaired) electrons. The SMILES string of the molecule is CO[C@H](C)CNC(=O)c1ccc(S(=O)(=O)C(C)C)cc1. The number of ether oxygens (including phenoxy) is 1. The Morgan fingerprint density at radius 3 is 2.20 bits per heavy atom. The van der Waals surface area contributed by atoms with Gasteiger partial charge in [-0.2, -0.15) is 0 Å². The van der Waals surface area contributed by atoms with E-state index in [-0.39, 0.29) is 16.9 Å². The Morgan fingerprint density at radius 1 is 1.20 bits per heavy atom. The molecular formula is C14H21NO4S. The van der Waals surface area contributed by atoms with Crippen molar-refractivity contribution in [3.8, 4) is 0 Å². The Kier molecular flexibility index (Phi) is 5.71. The van der Waals surface area contributed by atoms with E-state index in [2.05, 4.69) is 5.32 Å². The molecule has 0 aliphatic carbocycles. The van der Waals surface area contributed by atoms with E-state index in [4.69, 9.17) is 4.74 Å². The topological polar surface area (TPSA) is 72.5 Å². The van der Waals surface area contributed by atoms with Crippen LogP contribution < -0.4 is 5.32 Å². The van der Waals surface area contributed by atoms with Crippen LogP contribution in [0.5, 0.6) is 0 Å². The summed E-state index contributed by atoms with van der Waals surface area (Å²) in [7, 11) is -1.73. The number of nitrogens with one attached hydrogen (secondary N) is 1. The molecule has 0 saturated carbocycles. The van der Waals surface area contributed by atoms with E-state index in [9.17, 15) is 13.2 Å². The molecule has 0 fully saturated rings. The number of carbonyl (C=O) groups excluding carboxylic acids is 1. The van der Waals surface area contributed by atoms with Crippen LogP contribution in [0.1, 0.15) is 31.1 Å². The zero-order valence-corrected chi connectivity index (χ0v) is 13.0. The van der Waals surface area contributed by atoms with Crippen LogP contribution in [0.2, 0.25) is 0 Å². The Morgan fingerprint density at radius 2 is 1.75 bits per heavy atom. The van der Waals surface area contributed by atoms with E-state index in [1.54, 1.807) is 21.0 Å². The van der Waals surface area contributed by atoms with Crippen molar-refractivity contribution in [2.45, 2.75) is 37.0 Å². The lowest BCUT2D eigenvalue weighted by Gasteiger charge is -2.11. The van der Waals surface area contributed by atoms with Gasteiger partial charge in [-0.3, -0.25) is 4.79 Å². The number of amides is 1. The molecule has 1 amide bonds. The third kappa shape index (κ3) is 4.05. The zero-order chi connectivity index (χ0) is 15.3. The maximum atomic E-state index is 11.9. The van der Waals surface area contributed by atoms with Crippen LogP contribution in [0.25, 0.3) is 0 Å². The highest BCUT2D eigenvalue weighted by molar-refractivity contribution is 7.92. The Balaban J connectivity index is 2.79. The minimum Gasteiger partial charge on any atom is -0.380 e. The van der Waals surface area contributed by atoms with Gasteiger partial charge in [0.05, 0.1) is 16.2 Å². The standard InChI is InChI=1S/C14H21NO4S/c1-10(2)20(17,18)13-7-5-12(6-8-13)14(16)15-9-11(3)19-4/h5-8,10-11H,9H2,1-4H3,(H,15,16)/t11-/m1/s1. The number of methoxy groups -OCH3 is 1. The van der Waals surface area contributed by atoms with Gasteiger partial charge in [0.25, 0.3) is 5.91 Å². The van der Waals surface area contributed by atoms with Gasteiger partial charge in [-0.25, -0.2) is 8.42 Å². The van der Waals surface area contributed by atoms with Gasteiger partial charge >= 0.3 is 0 Å². The highest BCUT2D eigenvalue weighted by Gasteiger charge is 2.19. The van der Waals surface area contributed by atoms with Crippen molar-refractivity contribution >= 4 is 15.7 Å². The lowest BCUT2D eigenvalue weighted by molar-refractivity contribution is 0.0870. The predicted molar refractivity (Wildman–Crippen MR) is 77.6 cm³/mol. The van der Waals surface area contributed by atoms with Crippen LogP contribution in [0.3, 0.4) is 0 Å². The molecule has 1 aromatic carbocycles. The summed E-state index contributed by atoms with van der Waals surface area (Å²) in [4.78, 5) is 12.1. The number of hydrogen-bond acceptors (Lipinski definition) is 4. The van der Waals surface area contributed by atoms with Crippen molar-refractivity contribution in [1.82, 2.24) is 5.32 Å². The largest absolute Gasteiger partial charge is 0.380 e. The van der Waals surface area contributed by atoms with Crippen LogP contribution >= 0.6 is 0 Å². The first-order chi connectivity index (χ1) is 9.28. The predicted octanol–water partition coefficient (Wildman–Crippen LogP) is 1.63. The minimum absolute atomic E-state index is 0.0699. The summed E-state index contributed by atoms with van der Waals surface area (Å²) in [5, 5.41) is 2.24. The number of sulfone groups is 1. The molecule has 0 saturated heterocycles. The van der Waals surface area contributed by atoms with Gasteiger partial charge in [0.1, 0.15) is 0 Å². The molecule has 112 valence electrons. The summed E-state index contributed by atoms with van der Waals surface area (Å²) in [6.07, 6.45) is -0.0699. The number of hydrogen-bond donors (Lipinski definition) is 1. The van der Waals surface area contributed by atoms with E-state index in [0.717, 1.165) is 0 Å². The fourth-order valence-electron chi connectivity index (χ4n) is 1.49. The first-order valence-electron chi connectivity index (χ1n) is 6.44. The molecule has 0 bridgehead atoms. The van der Waals surface area contributed by atoms with Crippen LogP contribution in [-0.4, -0.2) is 39.3 Å². The van der Waals surface area contributed by atoms with Gasteiger partial charge in [-0.1, -0.05) is 0 Å². The molecule has 1 atom stereocenters. The maximum absolute atomic E-state index is 11.9. The molecule has 0 heterocycles. The highest BCUT2D eigenvalue weighted by Crippen LogP contribution is 2.16. The van der Waals surface area contributed by atoms with Gasteiger partial charge in [0.15, 0.2) is 9.84 Å². The van der Waals surface area contributed by atoms with Crippen molar-refractivity contribution in [1.29, 1.82) is 0 Å². The van der Waals surface area contributed by atoms with Crippen molar-refractivity contribution in [2.24, 2.45) is 0 Å². The Labute approximate surface area is 120 Å². The fourth-order valence-corrected chi connectivity index (χ4v) is 2.55. The molecule has 20 heavy (non-hydrogen) atoms.